The highest BCUT2D eigenvalue weighted by Crippen LogP contribution is 2.27. The molecule has 0 aliphatic carbocycles. The van der Waals surface area contributed by atoms with E-state index in [4.69, 9.17) is 9.68 Å². The molecule has 0 radical (unpaired) electrons. The highest BCUT2D eigenvalue weighted by Gasteiger charge is 2.15. The summed E-state index contributed by atoms with van der Waals surface area (Å²) in [5.41, 5.74) is 2.27. The van der Waals surface area contributed by atoms with Crippen molar-refractivity contribution in [1.82, 2.24) is 9.88 Å². The van der Waals surface area contributed by atoms with Gasteiger partial charge >= 0.3 is 0 Å². The summed E-state index contributed by atoms with van der Waals surface area (Å²) < 4.78 is 5.69. The van der Waals surface area contributed by atoms with E-state index in [1.807, 2.05) is 45.3 Å². The number of oxazole rings is 1. The molecule has 1 aromatic heterocycles. The molecule has 5 heteroatoms. The molecule has 1 aromatic carbocycles. The van der Waals surface area contributed by atoms with Crippen molar-refractivity contribution in [3.8, 4) is 17.5 Å². The van der Waals surface area contributed by atoms with E-state index in [0.29, 0.717) is 24.0 Å². The molecule has 0 unspecified atom stereocenters. The van der Waals surface area contributed by atoms with Gasteiger partial charge in [0, 0.05) is 18.7 Å². The van der Waals surface area contributed by atoms with Crippen LogP contribution in [0, 0.1) is 18.3 Å². The summed E-state index contributed by atoms with van der Waals surface area (Å²) in [5, 5.41) is 12.2. The van der Waals surface area contributed by atoms with E-state index in [0.717, 1.165) is 17.7 Å². The molecule has 2 aromatic rings. The highest BCUT2D eigenvalue weighted by molar-refractivity contribution is 5.62. The maximum absolute atomic E-state index is 9.13. The first kappa shape index (κ1) is 14.1. The zero-order valence-electron chi connectivity index (χ0n) is 12.0. The Labute approximate surface area is 118 Å². The largest absolute Gasteiger partial charge is 0.419 e. The van der Waals surface area contributed by atoms with Gasteiger partial charge in [-0.15, -0.1) is 0 Å². The molecule has 5 nitrogen and oxygen atoms in total. The van der Waals surface area contributed by atoms with Gasteiger partial charge in [-0.3, -0.25) is 0 Å². The number of likely N-dealkylation sites (N-methyl/N-ethyl adjacent to an activating group) is 1. The summed E-state index contributed by atoms with van der Waals surface area (Å²) in [6.07, 6.45) is 0. The van der Waals surface area contributed by atoms with Crippen LogP contribution >= 0.6 is 0 Å². The fourth-order valence-corrected chi connectivity index (χ4v) is 1.84. The second-order valence-electron chi connectivity index (χ2n) is 4.85. The first-order chi connectivity index (χ1) is 9.61. The van der Waals surface area contributed by atoms with E-state index in [1.54, 1.807) is 0 Å². The maximum atomic E-state index is 9.13. The molecule has 0 saturated carbocycles. The molecular weight excluding hydrogens is 252 g/mol. The smallest absolute Gasteiger partial charge is 0.232 e. The molecule has 2 rings (SSSR count). The van der Waals surface area contributed by atoms with Crippen LogP contribution < -0.4 is 5.32 Å². The van der Waals surface area contributed by atoms with Gasteiger partial charge in [-0.05, 0) is 32.6 Å². The lowest BCUT2D eigenvalue weighted by molar-refractivity contribution is 0.423. The van der Waals surface area contributed by atoms with Crippen LogP contribution in [0.5, 0.6) is 0 Å². The van der Waals surface area contributed by atoms with E-state index in [-0.39, 0.29) is 0 Å². The van der Waals surface area contributed by atoms with Crippen molar-refractivity contribution in [2.24, 2.45) is 0 Å². The number of aryl methyl sites for hydroxylation is 1. The number of hydrogen-bond donors (Lipinski definition) is 1. The van der Waals surface area contributed by atoms with Gasteiger partial charge in [0.15, 0.2) is 0 Å². The Morgan fingerprint density at radius 1 is 1.35 bits per heavy atom. The third-order valence-corrected chi connectivity index (χ3v) is 2.95. The van der Waals surface area contributed by atoms with E-state index < -0.39 is 0 Å². The average molecular weight is 270 g/mol. The zero-order valence-corrected chi connectivity index (χ0v) is 12.0. The number of aromatic nitrogens is 1. The summed E-state index contributed by atoms with van der Waals surface area (Å²) in [5.74, 6) is 0.916. The molecule has 0 aliphatic rings. The third-order valence-electron chi connectivity index (χ3n) is 2.95. The van der Waals surface area contributed by atoms with E-state index in [1.165, 1.54) is 0 Å². The van der Waals surface area contributed by atoms with Gasteiger partial charge in [0.05, 0.1) is 0 Å². The standard InChI is InChI=1S/C15H18N4O/c1-11-6-4-5-7-12(11)14-18-13(10-16)15(20-14)17-8-9-19(2)3/h4-7,17H,8-9H2,1-3H3. The predicted octanol–water partition coefficient (Wildman–Crippen LogP) is 2.50. The van der Waals surface area contributed by atoms with E-state index in [9.17, 15) is 0 Å². The first-order valence-electron chi connectivity index (χ1n) is 6.47. The summed E-state index contributed by atoms with van der Waals surface area (Å²) in [7, 11) is 3.98. The Morgan fingerprint density at radius 2 is 2.10 bits per heavy atom. The van der Waals surface area contributed by atoms with Crippen molar-refractivity contribution in [2.75, 3.05) is 32.5 Å². The summed E-state index contributed by atoms with van der Waals surface area (Å²) in [6, 6.07) is 9.88. The number of nitrogens with zero attached hydrogens (tertiary/aromatic N) is 3. The molecule has 0 fully saturated rings. The van der Waals surface area contributed by atoms with Gasteiger partial charge in [0.2, 0.25) is 17.5 Å². The lowest BCUT2D eigenvalue weighted by Gasteiger charge is -2.09. The second kappa shape index (κ2) is 6.22. The molecule has 0 spiro atoms. The molecule has 0 atom stereocenters. The van der Waals surface area contributed by atoms with Gasteiger partial charge < -0.3 is 14.6 Å². The molecule has 0 saturated heterocycles. The Balaban J connectivity index is 2.23. The van der Waals surface area contributed by atoms with Crippen molar-refractivity contribution in [3.63, 3.8) is 0 Å². The molecule has 0 bridgehead atoms. The van der Waals surface area contributed by atoms with Gasteiger partial charge in [0.1, 0.15) is 6.07 Å². The van der Waals surface area contributed by atoms with Crippen LogP contribution in [-0.2, 0) is 0 Å². The lowest BCUT2D eigenvalue weighted by atomic mass is 10.1. The van der Waals surface area contributed by atoms with Gasteiger partial charge in [0.25, 0.3) is 0 Å². The fraction of sp³-hybridized carbons (Fsp3) is 0.333. The number of nitrogens with one attached hydrogen (secondary N) is 1. The Bertz CT molecular complexity index is 625. The number of rotatable bonds is 5. The van der Waals surface area contributed by atoms with Gasteiger partial charge in [-0.25, -0.2) is 0 Å². The van der Waals surface area contributed by atoms with Crippen LogP contribution in [-0.4, -0.2) is 37.1 Å². The molecule has 1 N–H and O–H groups in total. The molecule has 1 heterocycles. The van der Waals surface area contributed by atoms with Crippen molar-refractivity contribution in [1.29, 1.82) is 5.26 Å². The van der Waals surface area contributed by atoms with Crippen molar-refractivity contribution in [2.45, 2.75) is 6.92 Å². The van der Waals surface area contributed by atoms with Crippen LogP contribution in [0.1, 0.15) is 11.3 Å². The molecular formula is C15H18N4O. The van der Waals surface area contributed by atoms with E-state index in [2.05, 4.69) is 21.3 Å². The van der Waals surface area contributed by atoms with Gasteiger partial charge in [-0.1, -0.05) is 18.2 Å². The van der Waals surface area contributed by atoms with Crippen molar-refractivity contribution >= 4 is 5.88 Å². The minimum absolute atomic E-state index is 0.294. The fourth-order valence-electron chi connectivity index (χ4n) is 1.84. The van der Waals surface area contributed by atoms with Crippen molar-refractivity contribution < 1.29 is 4.42 Å². The minimum Gasteiger partial charge on any atom is -0.419 e. The van der Waals surface area contributed by atoms with Crippen LogP contribution in [0.3, 0.4) is 0 Å². The van der Waals surface area contributed by atoms with Crippen LogP contribution in [0.25, 0.3) is 11.5 Å². The molecule has 0 amide bonds. The van der Waals surface area contributed by atoms with E-state index >= 15 is 0 Å². The third kappa shape index (κ3) is 3.16. The second-order valence-corrected chi connectivity index (χ2v) is 4.85. The van der Waals surface area contributed by atoms with Crippen LogP contribution in [0.4, 0.5) is 5.88 Å². The average Bonchev–Trinajstić information content (AvgIpc) is 2.82. The monoisotopic (exact) mass is 270 g/mol. The number of anilines is 1. The van der Waals surface area contributed by atoms with Crippen molar-refractivity contribution in [3.05, 3.63) is 35.5 Å². The highest BCUT2D eigenvalue weighted by atomic mass is 16.4. The number of nitriles is 1. The summed E-state index contributed by atoms with van der Waals surface area (Å²) in [6.45, 7) is 3.54. The summed E-state index contributed by atoms with van der Waals surface area (Å²) in [4.78, 5) is 6.31. The first-order valence-corrected chi connectivity index (χ1v) is 6.47. The zero-order chi connectivity index (χ0) is 14.5. The minimum atomic E-state index is 0.294. The molecule has 20 heavy (non-hydrogen) atoms. The Morgan fingerprint density at radius 3 is 2.75 bits per heavy atom. The van der Waals surface area contributed by atoms with Crippen LogP contribution in [0.15, 0.2) is 28.7 Å². The Kier molecular flexibility index (Phi) is 4.38. The Hall–Kier alpha value is -2.32. The number of benzene rings is 1. The SMILES string of the molecule is Cc1ccccc1-c1nc(C#N)c(NCCN(C)C)o1. The number of hydrogen-bond acceptors (Lipinski definition) is 5. The van der Waals surface area contributed by atoms with Crippen LogP contribution in [0.2, 0.25) is 0 Å². The topological polar surface area (TPSA) is 65.1 Å². The predicted molar refractivity (Wildman–Crippen MR) is 78.4 cm³/mol. The molecule has 104 valence electrons. The maximum Gasteiger partial charge on any atom is 0.232 e. The molecule has 0 aliphatic heterocycles. The lowest BCUT2D eigenvalue weighted by Crippen LogP contribution is -2.20. The quantitative estimate of drug-likeness (QED) is 0.904. The summed E-state index contributed by atoms with van der Waals surface area (Å²) >= 11 is 0. The van der Waals surface area contributed by atoms with Gasteiger partial charge in [-0.2, -0.15) is 10.2 Å². The normalized spacial score (nSPS) is 10.6.